The third-order valence-electron chi connectivity index (χ3n) is 12.0. The van der Waals surface area contributed by atoms with E-state index in [4.69, 9.17) is 14.4 Å². The van der Waals surface area contributed by atoms with E-state index in [-0.39, 0.29) is 0 Å². The van der Waals surface area contributed by atoms with Crippen LogP contribution in [0.1, 0.15) is 16.7 Å². The number of aromatic nitrogens is 1. The van der Waals surface area contributed by atoms with Crippen molar-refractivity contribution >= 4 is 114 Å². The first kappa shape index (κ1) is 33.2. The lowest BCUT2D eigenvalue weighted by Gasteiger charge is -2.14. The van der Waals surface area contributed by atoms with Gasteiger partial charge in [-0.25, -0.2) is 9.98 Å². The summed E-state index contributed by atoms with van der Waals surface area (Å²) >= 11 is 1.81. The number of aliphatic imine (C=N–C) groups is 2. The SMILES string of the molecule is C1=CC(c2ccc3c(c2)sc2ccccc23)=NC(c2ccc3ccccc3c2)=NC=1c1cc2c(cc1-n1c3ccccc3c3cc4ccccc4cc31)oc1ccccc12. The predicted octanol–water partition coefficient (Wildman–Crippen LogP) is 14.8. The number of fused-ring (bicyclic) bond motifs is 11. The van der Waals surface area contributed by atoms with Gasteiger partial charge in [-0.3, -0.25) is 0 Å². The third-order valence-corrected chi connectivity index (χ3v) is 13.1. The molecular formula is C55H31N3OS. The number of rotatable bonds is 4. The van der Waals surface area contributed by atoms with Crippen LogP contribution in [0.3, 0.4) is 0 Å². The van der Waals surface area contributed by atoms with Crippen LogP contribution < -0.4 is 0 Å². The summed E-state index contributed by atoms with van der Waals surface area (Å²) in [6.07, 6.45) is 2.02. The monoisotopic (exact) mass is 781 g/mol. The summed E-state index contributed by atoms with van der Waals surface area (Å²) in [6.45, 7) is 0. The maximum absolute atomic E-state index is 6.61. The topological polar surface area (TPSA) is 42.8 Å². The van der Waals surface area contributed by atoms with E-state index in [0.29, 0.717) is 11.5 Å². The van der Waals surface area contributed by atoms with E-state index in [1.807, 2.05) is 29.5 Å². The molecule has 0 unspecified atom stereocenters. The molecule has 5 heteroatoms. The van der Waals surface area contributed by atoms with E-state index in [9.17, 15) is 0 Å². The minimum Gasteiger partial charge on any atom is -0.456 e. The highest BCUT2D eigenvalue weighted by Crippen LogP contribution is 2.41. The molecule has 0 amide bonds. The molecule has 0 aliphatic carbocycles. The molecule has 60 heavy (non-hydrogen) atoms. The van der Waals surface area contributed by atoms with E-state index < -0.39 is 0 Å². The maximum atomic E-state index is 6.61. The largest absolute Gasteiger partial charge is 0.456 e. The molecule has 0 bridgehead atoms. The fourth-order valence-electron chi connectivity index (χ4n) is 9.12. The summed E-state index contributed by atoms with van der Waals surface area (Å²) in [5.74, 6) is 0.625. The Morgan fingerprint density at radius 3 is 2.03 bits per heavy atom. The molecule has 0 spiro atoms. The molecule has 4 nitrogen and oxygen atoms in total. The minimum atomic E-state index is 0.625. The Kier molecular flexibility index (Phi) is 7.10. The number of allylic oxidation sites excluding steroid dienone is 1. The first-order chi connectivity index (χ1) is 29.7. The number of benzene rings is 9. The molecule has 4 heterocycles. The van der Waals surface area contributed by atoms with Gasteiger partial charge < -0.3 is 8.98 Å². The molecule has 0 saturated heterocycles. The van der Waals surface area contributed by atoms with Gasteiger partial charge in [0.05, 0.1) is 22.4 Å². The Labute approximate surface area is 347 Å². The number of thiophene rings is 1. The van der Waals surface area contributed by atoms with Crippen molar-refractivity contribution in [2.24, 2.45) is 9.98 Å². The van der Waals surface area contributed by atoms with Crippen molar-refractivity contribution in [1.29, 1.82) is 0 Å². The van der Waals surface area contributed by atoms with E-state index >= 15 is 0 Å². The van der Waals surface area contributed by atoms with Crippen LogP contribution in [0.2, 0.25) is 0 Å². The standard InChI is InChI=1S/C55H31N3OS/c1-2-12-34-27-38(22-21-33(34)11-1)55-56-46(37-23-24-42-41-17-7-10-20-53(41)60-54(42)30-37)25-26-47(57-55)45-31-44-40-16-6-9-19-51(40)59-52(44)32-50(45)58-48-18-8-5-15-39(48)43-28-35-13-3-4-14-36(35)29-49(43)58/h1-25,27-32H. The Morgan fingerprint density at radius 2 is 1.15 bits per heavy atom. The van der Waals surface area contributed by atoms with Gasteiger partial charge in [-0.2, -0.15) is 0 Å². The van der Waals surface area contributed by atoms with Crippen molar-refractivity contribution in [2.45, 2.75) is 0 Å². The molecule has 12 aromatic rings. The lowest BCUT2D eigenvalue weighted by Crippen LogP contribution is -2.04. The van der Waals surface area contributed by atoms with Crippen LogP contribution in [0.4, 0.5) is 0 Å². The Balaban J connectivity index is 1.11. The van der Waals surface area contributed by atoms with Crippen LogP contribution in [0.25, 0.3) is 96.8 Å². The van der Waals surface area contributed by atoms with Crippen molar-refractivity contribution in [1.82, 2.24) is 4.57 Å². The van der Waals surface area contributed by atoms with Gasteiger partial charge in [-0.15, -0.1) is 11.3 Å². The molecule has 9 aromatic carbocycles. The maximum Gasteiger partial charge on any atom is 0.161 e. The number of para-hydroxylation sites is 2. The van der Waals surface area contributed by atoms with Gasteiger partial charge in [0, 0.05) is 70.5 Å². The first-order valence-electron chi connectivity index (χ1n) is 20.1. The van der Waals surface area contributed by atoms with Gasteiger partial charge in [0.1, 0.15) is 16.9 Å². The minimum absolute atomic E-state index is 0.625. The smallest absolute Gasteiger partial charge is 0.161 e. The number of hydrogen-bond donors (Lipinski definition) is 0. The highest BCUT2D eigenvalue weighted by molar-refractivity contribution is 7.25. The zero-order chi connectivity index (χ0) is 39.3. The van der Waals surface area contributed by atoms with Gasteiger partial charge >= 0.3 is 0 Å². The fourth-order valence-corrected chi connectivity index (χ4v) is 10.3. The van der Waals surface area contributed by atoms with Crippen molar-refractivity contribution in [3.8, 4) is 5.69 Å². The molecule has 0 radical (unpaired) electrons. The summed E-state index contributed by atoms with van der Waals surface area (Å²) in [5.41, 5.74) is 12.9. The van der Waals surface area contributed by atoms with Gasteiger partial charge in [-0.05, 0) is 70.1 Å². The van der Waals surface area contributed by atoms with Gasteiger partial charge in [0.2, 0.25) is 0 Å². The summed E-state index contributed by atoms with van der Waals surface area (Å²) in [6, 6.07) is 64.8. The second-order valence-corrected chi connectivity index (χ2v) is 16.6. The van der Waals surface area contributed by atoms with E-state index in [1.165, 1.54) is 47.1 Å². The Morgan fingerprint density at radius 1 is 0.450 bits per heavy atom. The van der Waals surface area contributed by atoms with Gasteiger partial charge in [0.15, 0.2) is 5.84 Å². The molecule has 278 valence electrons. The first-order valence-corrected chi connectivity index (χ1v) is 20.9. The van der Waals surface area contributed by atoms with Crippen LogP contribution in [-0.4, -0.2) is 16.1 Å². The van der Waals surface area contributed by atoms with Crippen LogP contribution in [0, 0.1) is 0 Å². The van der Waals surface area contributed by atoms with Gasteiger partial charge in [0.25, 0.3) is 0 Å². The normalized spacial score (nSPS) is 13.3. The predicted molar refractivity (Wildman–Crippen MR) is 253 cm³/mol. The van der Waals surface area contributed by atoms with Crippen LogP contribution in [0.5, 0.6) is 0 Å². The van der Waals surface area contributed by atoms with Crippen LogP contribution in [-0.2, 0) is 0 Å². The molecule has 0 fully saturated rings. The van der Waals surface area contributed by atoms with Crippen LogP contribution in [0.15, 0.2) is 208 Å². The molecule has 13 rings (SSSR count). The van der Waals surface area contributed by atoms with E-state index in [1.54, 1.807) is 0 Å². The highest BCUT2D eigenvalue weighted by Gasteiger charge is 2.22. The summed E-state index contributed by atoms with van der Waals surface area (Å²) in [7, 11) is 0. The second-order valence-electron chi connectivity index (χ2n) is 15.5. The lowest BCUT2D eigenvalue weighted by molar-refractivity contribution is 0.668. The molecular weight excluding hydrogens is 751 g/mol. The lowest BCUT2D eigenvalue weighted by atomic mass is 10.0. The zero-order valence-electron chi connectivity index (χ0n) is 32.1. The highest BCUT2D eigenvalue weighted by atomic mass is 32.1. The van der Waals surface area contributed by atoms with Crippen molar-refractivity contribution < 1.29 is 4.42 Å². The fraction of sp³-hybridized carbons (Fsp3) is 0. The van der Waals surface area contributed by atoms with Crippen molar-refractivity contribution in [3.63, 3.8) is 0 Å². The molecule has 0 N–H and O–H groups in total. The summed E-state index contributed by atoms with van der Waals surface area (Å²) in [4.78, 5) is 10.9. The number of amidine groups is 1. The Bertz CT molecular complexity index is 3940. The summed E-state index contributed by atoms with van der Waals surface area (Å²) < 4.78 is 11.5. The molecule has 3 aromatic heterocycles. The molecule has 0 saturated carbocycles. The Hall–Kier alpha value is -7.82. The van der Waals surface area contributed by atoms with Crippen molar-refractivity contribution in [3.05, 3.63) is 210 Å². The van der Waals surface area contributed by atoms with E-state index in [2.05, 4.69) is 180 Å². The van der Waals surface area contributed by atoms with Crippen molar-refractivity contribution in [2.75, 3.05) is 0 Å². The number of nitrogens with zero attached hydrogens (tertiary/aromatic N) is 3. The molecule has 0 atom stereocenters. The van der Waals surface area contributed by atoms with Crippen LogP contribution >= 0.6 is 11.3 Å². The average molecular weight is 782 g/mol. The number of furan rings is 1. The average Bonchev–Trinajstić information content (AvgIpc) is 3.90. The van der Waals surface area contributed by atoms with Gasteiger partial charge in [-0.1, -0.05) is 133 Å². The number of hydrogen-bond acceptors (Lipinski definition) is 4. The third kappa shape index (κ3) is 5.11. The quantitative estimate of drug-likeness (QED) is 0.164. The zero-order valence-corrected chi connectivity index (χ0v) is 32.9. The van der Waals surface area contributed by atoms with E-state index in [0.717, 1.165) is 66.4 Å². The molecule has 1 aliphatic heterocycles. The molecule has 1 aliphatic rings. The second kappa shape index (κ2) is 12.8. The summed E-state index contributed by atoms with van der Waals surface area (Å²) in [5, 5.41) is 11.7.